The van der Waals surface area contributed by atoms with Crippen molar-refractivity contribution in [2.24, 2.45) is 11.7 Å². The molecular formula is C13H21ClN2O5S. The third-order valence-corrected chi connectivity index (χ3v) is 5.47. The first-order valence-electron chi connectivity index (χ1n) is 6.80. The van der Waals surface area contributed by atoms with Crippen LogP contribution in [0.25, 0.3) is 0 Å². The van der Waals surface area contributed by atoms with E-state index in [-0.39, 0.29) is 35.2 Å². The number of halogens is 1. The molecule has 2 atom stereocenters. The number of ether oxygens (including phenoxy) is 1. The molecule has 9 heteroatoms. The molecule has 0 radical (unpaired) electrons. The SMILES string of the molecule is COC(=O)c1ccc(S(=O)(=O)N2CCCC(C(C)N)C2)o1.Cl. The van der Waals surface area contributed by atoms with Crippen molar-refractivity contribution >= 4 is 28.4 Å². The van der Waals surface area contributed by atoms with Crippen LogP contribution in [0.5, 0.6) is 0 Å². The lowest BCUT2D eigenvalue weighted by Gasteiger charge is -2.33. The highest BCUT2D eigenvalue weighted by molar-refractivity contribution is 7.89. The molecule has 0 saturated carbocycles. The average Bonchev–Trinajstić information content (AvgIpc) is 2.97. The first kappa shape index (κ1) is 19.0. The number of hydrogen-bond donors (Lipinski definition) is 1. The van der Waals surface area contributed by atoms with Gasteiger partial charge in [-0.25, -0.2) is 13.2 Å². The number of methoxy groups -OCH3 is 1. The molecule has 2 heterocycles. The number of hydrogen-bond acceptors (Lipinski definition) is 6. The summed E-state index contributed by atoms with van der Waals surface area (Å²) in [6.45, 7) is 2.68. The van der Waals surface area contributed by atoms with Gasteiger partial charge < -0.3 is 14.9 Å². The van der Waals surface area contributed by atoms with E-state index in [1.807, 2.05) is 6.92 Å². The Morgan fingerprint density at radius 2 is 2.18 bits per heavy atom. The van der Waals surface area contributed by atoms with Gasteiger partial charge in [0.25, 0.3) is 10.0 Å². The molecule has 2 unspecified atom stereocenters. The van der Waals surface area contributed by atoms with Gasteiger partial charge in [-0.1, -0.05) is 0 Å². The molecule has 0 bridgehead atoms. The van der Waals surface area contributed by atoms with Crippen LogP contribution < -0.4 is 5.73 Å². The third-order valence-electron chi connectivity index (χ3n) is 3.73. The molecule has 1 saturated heterocycles. The van der Waals surface area contributed by atoms with Crippen LogP contribution in [-0.2, 0) is 14.8 Å². The Labute approximate surface area is 136 Å². The Kier molecular flexibility index (Phi) is 6.42. The van der Waals surface area contributed by atoms with Gasteiger partial charge in [-0.15, -0.1) is 12.4 Å². The summed E-state index contributed by atoms with van der Waals surface area (Å²) in [5.41, 5.74) is 5.87. The number of furan rings is 1. The highest BCUT2D eigenvalue weighted by Gasteiger charge is 2.34. The maximum absolute atomic E-state index is 12.5. The molecule has 22 heavy (non-hydrogen) atoms. The van der Waals surface area contributed by atoms with Crippen molar-refractivity contribution in [3.8, 4) is 0 Å². The molecule has 1 aliphatic rings. The summed E-state index contributed by atoms with van der Waals surface area (Å²) in [6, 6.07) is 2.51. The maximum atomic E-state index is 12.5. The maximum Gasteiger partial charge on any atom is 0.374 e. The number of piperidine rings is 1. The summed E-state index contributed by atoms with van der Waals surface area (Å²) in [4.78, 5) is 11.3. The van der Waals surface area contributed by atoms with Crippen LogP contribution in [0.2, 0.25) is 0 Å². The van der Waals surface area contributed by atoms with Crippen molar-refractivity contribution in [1.82, 2.24) is 4.31 Å². The molecule has 1 aromatic heterocycles. The number of nitrogens with two attached hydrogens (primary N) is 1. The molecule has 7 nitrogen and oxygen atoms in total. The Bertz CT molecular complexity index is 614. The van der Waals surface area contributed by atoms with Gasteiger partial charge >= 0.3 is 5.97 Å². The van der Waals surface area contributed by atoms with Crippen LogP contribution >= 0.6 is 12.4 Å². The van der Waals surface area contributed by atoms with Gasteiger partial charge in [0.05, 0.1) is 7.11 Å². The molecule has 0 aliphatic carbocycles. The van der Waals surface area contributed by atoms with Crippen LogP contribution in [0, 0.1) is 5.92 Å². The normalized spacial score (nSPS) is 21.0. The number of rotatable bonds is 4. The van der Waals surface area contributed by atoms with Gasteiger partial charge in [-0.2, -0.15) is 4.31 Å². The van der Waals surface area contributed by atoms with Crippen LogP contribution in [0.3, 0.4) is 0 Å². The largest absolute Gasteiger partial charge is 0.463 e. The molecule has 0 aromatic carbocycles. The zero-order chi connectivity index (χ0) is 15.6. The fourth-order valence-corrected chi connectivity index (χ4v) is 3.86. The highest BCUT2D eigenvalue weighted by atomic mass is 35.5. The molecule has 2 N–H and O–H groups in total. The molecule has 1 aromatic rings. The van der Waals surface area contributed by atoms with Crippen molar-refractivity contribution in [3.63, 3.8) is 0 Å². The zero-order valence-electron chi connectivity index (χ0n) is 12.5. The van der Waals surface area contributed by atoms with E-state index in [9.17, 15) is 13.2 Å². The first-order valence-corrected chi connectivity index (χ1v) is 8.24. The lowest BCUT2D eigenvalue weighted by atomic mass is 9.93. The van der Waals surface area contributed by atoms with E-state index in [1.54, 1.807) is 0 Å². The number of carbonyl (C=O) groups is 1. The van der Waals surface area contributed by atoms with Gasteiger partial charge in [-0.05, 0) is 37.8 Å². The smallest absolute Gasteiger partial charge is 0.374 e. The van der Waals surface area contributed by atoms with Gasteiger partial charge in [0, 0.05) is 19.1 Å². The van der Waals surface area contributed by atoms with Crippen molar-refractivity contribution in [2.45, 2.75) is 30.9 Å². The average molecular weight is 353 g/mol. The van der Waals surface area contributed by atoms with Crippen LogP contribution in [0.1, 0.15) is 30.3 Å². The van der Waals surface area contributed by atoms with Gasteiger partial charge in [0.2, 0.25) is 10.9 Å². The van der Waals surface area contributed by atoms with E-state index in [0.29, 0.717) is 13.1 Å². The second-order valence-electron chi connectivity index (χ2n) is 5.23. The number of esters is 1. The van der Waals surface area contributed by atoms with Crippen LogP contribution in [0.4, 0.5) is 0 Å². The Morgan fingerprint density at radius 3 is 2.77 bits per heavy atom. The van der Waals surface area contributed by atoms with E-state index in [2.05, 4.69) is 4.74 Å². The predicted octanol–water partition coefficient (Wildman–Crippen LogP) is 1.24. The van der Waals surface area contributed by atoms with E-state index in [1.165, 1.54) is 23.5 Å². The summed E-state index contributed by atoms with van der Waals surface area (Å²) in [5.74, 6) is -0.705. The number of sulfonamides is 1. The van der Waals surface area contributed by atoms with Gasteiger partial charge in [-0.3, -0.25) is 0 Å². The van der Waals surface area contributed by atoms with E-state index >= 15 is 0 Å². The van der Waals surface area contributed by atoms with Crippen molar-refractivity contribution in [1.29, 1.82) is 0 Å². The molecule has 1 aliphatic heterocycles. The molecule has 2 rings (SSSR count). The van der Waals surface area contributed by atoms with E-state index < -0.39 is 16.0 Å². The number of carbonyl (C=O) groups excluding carboxylic acids is 1. The minimum Gasteiger partial charge on any atom is -0.463 e. The quantitative estimate of drug-likeness (QED) is 0.818. The molecule has 126 valence electrons. The second kappa shape index (κ2) is 7.45. The third kappa shape index (κ3) is 3.81. The van der Waals surface area contributed by atoms with Crippen molar-refractivity contribution in [2.75, 3.05) is 20.2 Å². The van der Waals surface area contributed by atoms with Crippen molar-refractivity contribution in [3.05, 3.63) is 17.9 Å². The Balaban J connectivity index is 0.00000242. The fraction of sp³-hybridized carbons (Fsp3) is 0.615. The van der Waals surface area contributed by atoms with Crippen molar-refractivity contribution < 1.29 is 22.4 Å². The predicted molar refractivity (Wildman–Crippen MR) is 82.4 cm³/mol. The summed E-state index contributed by atoms with van der Waals surface area (Å²) in [5, 5.41) is -0.242. The topological polar surface area (TPSA) is 103 Å². The van der Waals surface area contributed by atoms with E-state index in [4.69, 9.17) is 10.2 Å². The zero-order valence-corrected chi connectivity index (χ0v) is 14.2. The monoisotopic (exact) mass is 352 g/mol. The lowest BCUT2D eigenvalue weighted by molar-refractivity contribution is 0.0558. The summed E-state index contributed by atoms with van der Waals surface area (Å²) in [7, 11) is -2.54. The Morgan fingerprint density at radius 1 is 1.50 bits per heavy atom. The summed E-state index contributed by atoms with van der Waals surface area (Å²) in [6.07, 6.45) is 1.67. The summed E-state index contributed by atoms with van der Waals surface area (Å²) < 4.78 is 36.0. The highest BCUT2D eigenvalue weighted by Crippen LogP contribution is 2.26. The fourth-order valence-electron chi connectivity index (χ4n) is 2.42. The lowest BCUT2D eigenvalue weighted by Crippen LogP contribution is -2.44. The minimum absolute atomic E-state index is 0. The van der Waals surface area contributed by atoms with Crippen LogP contribution in [-0.4, -0.2) is 44.9 Å². The van der Waals surface area contributed by atoms with Crippen LogP contribution in [0.15, 0.2) is 21.6 Å². The number of nitrogens with zero attached hydrogens (tertiary/aromatic N) is 1. The first-order chi connectivity index (χ1) is 9.86. The molecule has 0 amide bonds. The standard InChI is InChI=1S/C13H20N2O5S.ClH/c1-9(14)10-4-3-7-15(8-10)21(17,18)12-6-5-11(20-12)13(16)19-2;/h5-6,9-10H,3-4,7-8,14H2,1-2H3;1H. The van der Waals surface area contributed by atoms with E-state index in [0.717, 1.165) is 12.8 Å². The Hall–Kier alpha value is -1.09. The minimum atomic E-state index is -3.75. The summed E-state index contributed by atoms with van der Waals surface area (Å²) >= 11 is 0. The molecular weight excluding hydrogens is 332 g/mol. The van der Waals surface area contributed by atoms with Gasteiger partial charge in [0.1, 0.15) is 0 Å². The molecule has 1 fully saturated rings. The van der Waals surface area contributed by atoms with Gasteiger partial charge in [0.15, 0.2) is 0 Å². The second-order valence-corrected chi connectivity index (χ2v) is 7.10. The molecule has 0 spiro atoms.